The summed E-state index contributed by atoms with van der Waals surface area (Å²) in [4.78, 5) is 15.5. The smallest absolute Gasteiger partial charge is 0.295 e. The van der Waals surface area contributed by atoms with Crippen molar-refractivity contribution in [2.24, 2.45) is 10.7 Å². The van der Waals surface area contributed by atoms with Gasteiger partial charge in [0, 0.05) is 6.20 Å². The van der Waals surface area contributed by atoms with Crippen molar-refractivity contribution in [3.8, 4) is 0 Å². The molecular weight excluding hydrogens is 342 g/mol. The van der Waals surface area contributed by atoms with Crippen LogP contribution in [0.15, 0.2) is 33.9 Å². The molecule has 0 bridgehead atoms. The Morgan fingerprint density at radius 1 is 1.58 bits per heavy atom. The van der Waals surface area contributed by atoms with Crippen molar-refractivity contribution in [1.82, 2.24) is 0 Å². The van der Waals surface area contributed by atoms with Crippen molar-refractivity contribution in [2.45, 2.75) is 5.62 Å². The molecule has 1 heterocycles. The molecule has 0 spiro atoms. The largest absolute Gasteiger partial charge is 0.384 e. The van der Waals surface area contributed by atoms with Gasteiger partial charge in [-0.3, -0.25) is 10.1 Å². The van der Waals surface area contributed by atoms with Gasteiger partial charge in [0.2, 0.25) is 5.62 Å². The highest BCUT2D eigenvalue weighted by atomic mass is 79.9. The number of nitro benzene ring substituents is 1. The van der Waals surface area contributed by atoms with E-state index in [1.807, 2.05) is 0 Å². The van der Waals surface area contributed by atoms with Gasteiger partial charge < -0.3 is 10.6 Å². The van der Waals surface area contributed by atoms with Crippen molar-refractivity contribution in [3.63, 3.8) is 0 Å². The molecular formula is C10H7BrClFN4O2. The van der Waals surface area contributed by atoms with Gasteiger partial charge in [-0.2, -0.15) is 0 Å². The Morgan fingerprint density at radius 2 is 2.26 bits per heavy atom. The van der Waals surface area contributed by atoms with Gasteiger partial charge in [0.05, 0.1) is 15.5 Å². The number of nitro groups is 1. The Bertz CT molecular complexity index is 607. The maximum absolute atomic E-state index is 13.4. The van der Waals surface area contributed by atoms with E-state index in [9.17, 15) is 14.5 Å². The van der Waals surface area contributed by atoms with Crippen LogP contribution in [0.1, 0.15) is 0 Å². The highest BCUT2D eigenvalue weighted by Gasteiger charge is 2.26. The summed E-state index contributed by atoms with van der Waals surface area (Å²) in [6.45, 7) is 0. The average Bonchev–Trinajstić information content (AvgIpc) is 2.32. The zero-order valence-electron chi connectivity index (χ0n) is 9.26. The molecule has 6 nitrogen and oxygen atoms in total. The molecule has 1 aliphatic rings. The molecule has 1 aromatic carbocycles. The van der Waals surface area contributed by atoms with Crippen LogP contribution in [0.3, 0.4) is 0 Å². The highest BCUT2D eigenvalue weighted by molar-refractivity contribution is 9.10. The molecule has 1 aromatic rings. The lowest BCUT2D eigenvalue weighted by atomic mass is 10.2. The summed E-state index contributed by atoms with van der Waals surface area (Å²) >= 11 is 8.93. The number of alkyl halides is 1. The number of amidine groups is 1. The number of hydrogen-bond acceptors (Lipinski definition) is 5. The van der Waals surface area contributed by atoms with Gasteiger partial charge in [-0.25, -0.2) is 9.38 Å². The number of aliphatic imine (C=N–C) groups is 1. The molecule has 0 fully saturated rings. The van der Waals surface area contributed by atoms with E-state index in [1.54, 1.807) is 0 Å². The molecule has 0 saturated heterocycles. The first-order valence-corrected chi connectivity index (χ1v) is 6.20. The Kier molecular flexibility index (Phi) is 3.72. The van der Waals surface area contributed by atoms with Gasteiger partial charge in [0.1, 0.15) is 17.3 Å². The van der Waals surface area contributed by atoms with Crippen molar-refractivity contribution in [1.29, 1.82) is 0 Å². The average molecular weight is 350 g/mol. The van der Waals surface area contributed by atoms with Crippen LogP contribution in [0.4, 0.5) is 15.8 Å². The van der Waals surface area contributed by atoms with E-state index in [2.05, 4.69) is 20.9 Å². The van der Waals surface area contributed by atoms with Crippen molar-refractivity contribution in [3.05, 3.63) is 44.8 Å². The Hall–Kier alpha value is -1.67. The lowest BCUT2D eigenvalue weighted by Gasteiger charge is -2.25. The van der Waals surface area contributed by atoms with Gasteiger partial charge in [0.25, 0.3) is 5.69 Å². The first-order chi connectivity index (χ1) is 8.90. The SMILES string of the molecule is NC1=NC(Cl)N(c2cc(Br)c(F)cc2[N+](=O)[O-])C=C1. The topological polar surface area (TPSA) is 84.8 Å². The van der Waals surface area contributed by atoms with Gasteiger partial charge in [-0.1, -0.05) is 11.6 Å². The molecule has 1 unspecified atom stereocenters. The van der Waals surface area contributed by atoms with Gasteiger partial charge in [-0.05, 0) is 28.1 Å². The molecule has 9 heteroatoms. The van der Waals surface area contributed by atoms with Gasteiger partial charge >= 0.3 is 0 Å². The number of rotatable bonds is 2. The number of hydrogen-bond donors (Lipinski definition) is 1. The maximum Gasteiger partial charge on any atom is 0.295 e. The standard InChI is InChI=1S/C10H7BrClFN4O2/c11-5-3-7(8(17(18)19)4-6(5)13)16-2-1-9(14)15-10(16)12/h1-4,10H,(H2,14,15). The molecule has 0 radical (unpaired) electrons. The van der Waals surface area contributed by atoms with Crippen LogP contribution in [-0.2, 0) is 0 Å². The molecule has 2 N–H and O–H groups in total. The molecule has 100 valence electrons. The quantitative estimate of drug-likeness (QED) is 0.385. The number of nitrogens with zero attached hydrogens (tertiary/aromatic N) is 3. The van der Waals surface area contributed by atoms with Crippen LogP contribution >= 0.6 is 27.5 Å². The second kappa shape index (κ2) is 5.14. The van der Waals surface area contributed by atoms with Crippen LogP contribution in [0, 0.1) is 15.9 Å². The summed E-state index contributed by atoms with van der Waals surface area (Å²) < 4.78 is 13.5. The maximum atomic E-state index is 13.4. The summed E-state index contributed by atoms with van der Waals surface area (Å²) in [6, 6.07) is 2.09. The number of benzene rings is 1. The zero-order valence-corrected chi connectivity index (χ0v) is 11.6. The summed E-state index contributed by atoms with van der Waals surface area (Å²) in [6.07, 6.45) is 2.90. The minimum Gasteiger partial charge on any atom is -0.384 e. The minimum atomic E-state index is -0.930. The predicted octanol–water partition coefficient (Wildman–Crippen LogP) is 2.71. The van der Waals surface area contributed by atoms with Gasteiger partial charge in [0.15, 0.2) is 0 Å². The van der Waals surface area contributed by atoms with Crippen LogP contribution in [0.25, 0.3) is 0 Å². The van der Waals surface area contributed by atoms with Gasteiger partial charge in [-0.15, -0.1) is 0 Å². The zero-order chi connectivity index (χ0) is 14.2. The highest BCUT2D eigenvalue weighted by Crippen LogP contribution is 2.36. The van der Waals surface area contributed by atoms with Crippen molar-refractivity contribution < 1.29 is 9.31 Å². The fraction of sp³-hybridized carbons (Fsp3) is 0.100. The van der Waals surface area contributed by atoms with E-state index in [-0.39, 0.29) is 16.0 Å². The molecule has 0 aromatic heterocycles. The van der Waals surface area contributed by atoms with Crippen molar-refractivity contribution in [2.75, 3.05) is 4.90 Å². The van der Waals surface area contributed by atoms with E-state index >= 15 is 0 Å². The van der Waals surface area contributed by atoms with E-state index in [0.29, 0.717) is 0 Å². The number of nitrogens with two attached hydrogens (primary N) is 1. The molecule has 2 rings (SSSR count). The molecule has 0 amide bonds. The summed E-state index contributed by atoms with van der Waals surface area (Å²) in [7, 11) is 0. The molecule has 0 aliphatic carbocycles. The third kappa shape index (κ3) is 2.69. The second-order valence-corrected chi connectivity index (χ2v) is 4.84. The van der Waals surface area contributed by atoms with Crippen molar-refractivity contribution >= 4 is 44.7 Å². The number of halogens is 3. The minimum absolute atomic E-state index is 0.0906. The van der Waals surface area contributed by atoms with Crippen LogP contribution in [0.2, 0.25) is 0 Å². The molecule has 0 saturated carbocycles. The fourth-order valence-electron chi connectivity index (χ4n) is 1.53. The third-order valence-electron chi connectivity index (χ3n) is 2.38. The summed E-state index contributed by atoms with van der Waals surface area (Å²) in [5.74, 6) is -0.523. The number of anilines is 1. The van der Waals surface area contributed by atoms with E-state index in [0.717, 1.165) is 6.07 Å². The molecule has 1 atom stereocenters. The van der Waals surface area contributed by atoms with E-state index in [1.165, 1.54) is 23.2 Å². The predicted molar refractivity (Wildman–Crippen MR) is 73.6 cm³/mol. The van der Waals surface area contributed by atoms with Crippen LogP contribution in [0.5, 0.6) is 0 Å². The van der Waals surface area contributed by atoms with Crippen LogP contribution < -0.4 is 10.6 Å². The van der Waals surface area contributed by atoms with E-state index in [4.69, 9.17) is 17.3 Å². The summed E-state index contributed by atoms with van der Waals surface area (Å²) in [5.41, 5.74) is 4.24. The first-order valence-electron chi connectivity index (χ1n) is 4.97. The Balaban J connectivity index is 2.53. The summed E-state index contributed by atoms with van der Waals surface area (Å²) in [5, 5.41) is 11.0. The Morgan fingerprint density at radius 3 is 2.84 bits per heavy atom. The second-order valence-electron chi connectivity index (χ2n) is 3.60. The Labute approximate surface area is 120 Å². The molecule has 1 aliphatic heterocycles. The lowest BCUT2D eigenvalue weighted by Crippen LogP contribution is -2.31. The van der Waals surface area contributed by atoms with Crippen LogP contribution in [-0.4, -0.2) is 16.4 Å². The lowest BCUT2D eigenvalue weighted by molar-refractivity contribution is -0.384. The third-order valence-corrected chi connectivity index (χ3v) is 3.30. The normalized spacial score (nSPS) is 18.4. The first kappa shape index (κ1) is 13.8. The monoisotopic (exact) mass is 348 g/mol. The van der Waals surface area contributed by atoms with E-state index < -0.39 is 22.1 Å². The fourth-order valence-corrected chi connectivity index (χ4v) is 2.14. The molecule has 19 heavy (non-hydrogen) atoms.